The first-order valence-electron chi connectivity index (χ1n) is 4.58. The molecule has 1 aromatic heterocycles. The number of hydrogen-bond donors (Lipinski definition) is 1. The molecule has 4 nitrogen and oxygen atoms in total. The van der Waals surface area contributed by atoms with Crippen molar-refractivity contribution in [2.45, 2.75) is 32.8 Å². The van der Waals surface area contributed by atoms with E-state index in [1.54, 1.807) is 6.20 Å². The SMILES string of the molecule is CCCC(C)Oc1nc(N)ncc1Br. The lowest BCUT2D eigenvalue weighted by atomic mass is 10.2. The number of hydrogen-bond acceptors (Lipinski definition) is 4. The van der Waals surface area contributed by atoms with Crippen LogP contribution in [0.2, 0.25) is 0 Å². The number of rotatable bonds is 4. The standard InChI is InChI=1S/C9H14BrN3O/c1-3-4-6(2)14-8-7(10)5-12-9(11)13-8/h5-6H,3-4H2,1-2H3,(H2,11,12,13). The Hall–Kier alpha value is -0.840. The van der Waals surface area contributed by atoms with Gasteiger partial charge in [-0.1, -0.05) is 13.3 Å². The third kappa shape index (κ3) is 3.14. The molecule has 0 fully saturated rings. The molecule has 0 saturated carbocycles. The zero-order valence-electron chi connectivity index (χ0n) is 8.33. The Bertz CT molecular complexity index is 306. The zero-order chi connectivity index (χ0) is 10.6. The summed E-state index contributed by atoms with van der Waals surface area (Å²) in [5.74, 6) is 0.741. The predicted molar refractivity (Wildman–Crippen MR) is 59.1 cm³/mol. The number of nitrogens with zero attached hydrogens (tertiary/aromatic N) is 2. The molecule has 0 aliphatic carbocycles. The van der Waals surface area contributed by atoms with E-state index < -0.39 is 0 Å². The second-order valence-corrected chi connectivity index (χ2v) is 3.95. The molecule has 0 bridgehead atoms. The van der Waals surface area contributed by atoms with E-state index in [1.807, 2.05) is 6.92 Å². The lowest BCUT2D eigenvalue weighted by molar-refractivity contribution is 0.200. The number of halogens is 1. The van der Waals surface area contributed by atoms with Gasteiger partial charge in [0.05, 0.1) is 16.8 Å². The van der Waals surface area contributed by atoms with E-state index >= 15 is 0 Å². The Labute approximate surface area is 92.0 Å². The highest BCUT2D eigenvalue weighted by atomic mass is 79.9. The van der Waals surface area contributed by atoms with E-state index in [1.165, 1.54) is 0 Å². The predicted octanol–water partition coefficient (Wildman–Crippen LogP) is 2.39. The number of aromatic nitrogens is 2. The van der Waals surface area contributed by atoms with Crippen LogP contribution in [-0.2, 0) is 0 Å². The molecular formula is C9H14BrN3O. The van der Waals surface area contributed by atoms with Crippen LogP contribution in [0.4, 0.5) is 5.95 Å². The van der Waals surface area contributed by atoms with E-state index in [0.717, 1.165) is 17.3 Å². The summed E-state index contributed by atoms with van der Waals surface area (Å²) in [4.78, 5) is 7.82. The van der Waals surface area contributed by atoms with Crippen molar-refractivity contribution in [1.29, 1.82) is 0 Å². The fourth-order valence-corrected chi connectivity index (χ4v) is 1.39. The average Bonchev–Trinajstić information content (AvgIpc) is 2.12. The smallest absolute Gasteiger partial charge is 0.233 e. The molecule has 1 unspecified atom stereocenters. The molecule has 5 heteroatoms. The lowest BCUT2D eigenvalue weighted by Crippen LogP contribution is -2.13. The second-order valence-electron chi connectivity index (χ2n) is 3.10. The van der Waals surface area contributed by atoms with Crippen LogP contribution >= 0.6 is 15.9 Å². The molecule has 2 N–H and O–H groups in total. The fraction of sp³-hybridized carbons (Fsp3) is 0.556. The summed E-state index contributed by atoms with van der Waals surface area (Å²) in [5, 5.41) is 0. The minimum atomic E-state index is 0.144. The van der Waals surface area contributed by atoms with Gasteiger partial charge >= 0.3 is 0 Å². The van der Waals surface area contributed by atoms with Crippen LogP contribution < -0.4 is 10.5 Å². The molecule has 0 aliphatic rings. The van der Waals surface area contributed by atoms with Crippen LogP contribution in [-0.4, -0.2) is 16.1 Å². The summed E-state index contributed by atoms with van der Waals surface area (Å²) >= 11 is 3.30. The molecule has 0 aliphatic heterocycles. The van der Waals surface area contributed by atoms with Crippen LogP contribution in [0.1, 0.15) is 26.7 Å². The van der Waals surface area contributed by atoms with Crippen LogP contribution in [0.5, 0.6) is 5.88 Å². The highest BCUT2D eigenvalue weighted by Gasteiger charge is 2.08. The van der Waals surface area contributed by atoms with Crippen molar-refractivity contribution in [3.63, 3.8) is 0 Å². The maximum Gasteiger partial charge on any atom is 0.233 e. The van der Waals surface area contributed by atoms with E-state index in [-0.39, 0.29) is 12.1 Å². The quantitative estimate of drug-likeness (QED) is 0.902. The third-order valence-corrected chi connectivity index (χ3v) is 2.28. The van der Waals surface area contributed by atoms with Crippen molar-refractivity contribution in [2.24, 2.45) is 0 Å². The molecule has 1 aromatic rings. The number of nitrogen functional groups attached to an aromatic ring is 1. The fourth-order valence-electron chi connectivity index (χ4n) is 1.10. The Morgan fingerprint density at radius 1 is 1.64 bits per heavy atom. The van der Waals surface area contributed by atoms with Gasteiger partial charge in [-0.2, -0.15) is 4.98 Å². The largest absolute Gasteiger partial charge is 0.474 e. The van der Waals surface area contributed by atoms with Gasteiger partial charge < -0.3 is 10.5 Å². The molecule has 1 heterocycles. The molecule has 0 aromatic carbocycles. The topological polar surface area (TPSA) is 61.0 Å². The van der Waals surface area contributed by atoms with Crippen molar-refractivity contribution >= 4 is 21.9 Å². The molecule has 0 radical (unpaired) electrons. The maximum atomic E-state index is 5.59. The molecule has 78 valence electrons. The first-order valence-corrected chi connectivity index (χ1v) is 5.37. The van der Waals surface area contributed by atoms with E-state index in [2.05, 4.69) is 32.8 Å². The Balaban J connectivity index is 2.70. The summed E-state index contributed by atoms with van der Waals surface area (Å²) < 4.78 is 6.32. The van der Waals surface area contributed by atoms with Gasteiger partial charge in [0.25, 0.3) is 0 Å². The van der Waals surface area contributed by atoms with Gasteiger partial charge in [-0.3, -0.25) is 0 Å². The van der Waals surface area contributed by atoms with Crippen LogP contribution in [0.3, 0.4) is 0 Å². The molecule has 0 amide bonds. The number of nitrogens with two attached hydrogens (primary N) is 1. The van der Waals surface area contributed by atoms with Crippen LogP contribution in [0, 0.1) is 0 Å². The molecule has 0 spiro atoms. The first kappa shape index (κ1) is 11.2. The zero-order valence-corrected chi connectivity index (χ0v) is 9.91. The molecular weight excluding hydrogens is 246 g/mol. The van der Waals surface area contributed by atoms with Crippen molar-refractivity contribution in [3.05, 3.63) is 10.7 Å². The van der Waals surface area contributed by atoms with Gasteiger partial charge in [-0.05, 0) is 29.3 Å². The van der Waals surface area contributed by atoms with Gasteiger partial charge in [0.1, 0.15) is 0 Å². The normalized spacial score (nSPS) is 12.5. The average molecular weight is 260 g/mol. The van der Waals surface area contributed by atoms with Crippen LogP contribution in [0.15, 0.2) is 10.7 Å². The van der Waals surface area contributed by atoms with Crippen LogP contribution in [0.25, 0.3) is 0 Å². The first-order chi connectivity index (χ1) is 6.63. The Morgan fingerprint density at radius 2 is 2.36 bits per heavy atom. The van der Waals surface area contributed by atoms with Crippen molar-refractivity contribution in [3.8, 4) is 5.88 Å². The minimum Gasteiger partial charge on any atom is -0.474 e. The summed E-state index contributed by atoms with van der Waals surface area (Å²) in [6, 6.07) is 0. The summed E-state index contributed by atoms with van der Waals surface area (Å²) in [5.41, 5.74) is 5.45. The monoisotopic (exact) mass is 259 g/mol. The highest BCUT2D eigenvalue weighted by molar-refractivity contribution is 9.10. The maximum absolute atomic E-state index is 5.59. The van der Waals surface area contributed by atoms with E-state index in [4.69, 9.17) is 10.5 Å². The van der Waals surface area contributed by atoms with Gasteiger partial charge in [-0.25, -0.2) is 4.98 Å². The second kappa shape index (κ2) is 5.14. The van der Waals surface area contributed by atoms with Crippen molar-refractivity contribution in [2.75, 3.05) is 5.73 Å². The molecule has 14 heavy (non-hydrogen) atoms. The third-order valence-electron chi connectivity index (χ3n) is 1.74. The van der Waals surface area contributed by atoms with Gasteiger partial charge in [-0.15, -0.1) is 0 Å². The Morgan fingerprint density at radius 3 is 3.00 bits per heavy atom. The lowest BCUT2D eigenvalue weighted by Gasteiger charge is -2.13. The van der Waals surface area contributed by atoms with Crippen molar-refractivity contribution in [1.82, 2.24) is 9.97 Å². The molecule has 0 saturated heterocycles. The van der Waals surface area contributed by atoms with E-state index in [9.17, 15) is 0 Å². The van der Waals surface area contributed by atoms with Gasteiger partial charge in [0.2, 0.25) is 11.8 Å². The summed E-state index contributed by atoms with van der Waals surface area (Å²) in [6.45, 7) is 4.12. The van der Waals surface area contributed by atoms with E-state index in [0.29, 0.717) is 5.88 Å². The summed E-state index contributed by atoms with van der Waals surface area (Å²) in [7, 11) is 0. The molecule has 1 atom stereocenters. The van der Waals surface area contributed by atoms with Gasteiger partial charge in [0, 0.05) is 0 Å². The Kier molecular flexibility index (Phi) is 4.13. The highest BCUT2D eigenvalue weighted by Crippen LogP contribution is 2.23. The number of ether oxygens (including phenoxy) is 1. The van der Waals surface area contributed by atoms with Gasteiger partial charge in [0.15, 0.2) is 0 Å². The minimum absolute atomic E-state index is 0.144. The summed E-state index contributed by atoms with van der Waals surface area (Å²) in [6.07, 6.45) is 3.82. The number of anilines is 1. The molecule has 1 rings (SSSR count). The van der Waals surface area contributed by atoms with Crippen molar-refractivity contribution < 1.29 is 4.74 Å².